The maximum atomic E-state index is 12.9. The van der Waals surface area contributed by atoms with E-state index in [1.165, 1.54) is 62.5 Å². The second-order valence-corrected chi connectivity index (χ2v) is 29.1. The third-order valence-corrected chi connectivity index (χ3v) is 27.0. The number of amides is 1. The molecule has 10 saturated carbocycles. The van der Waals surface area contributed by atoms with Gasteiger partial charge >= 0.3 is 5.97 Å². The number of nitrogens with one attached hydrogen (secondary N) is 1. The van der Waals surface area contributed by atoms with Crippen molar-refractivity contribution in [1.82, 2.24) is 0 Å². The third kappa shape index (κ3) is 6.21. The van der Waals surface area contributed by atoms with Crippen molar-refractivity contribution < 1.29 is 24.9 Å². The van der Waals surface area contributed by atoms with Gasteiger partial charge in [-0.3, -0.25) is 4.79 Å². The number of aliphatic hydroxyl groups is 2. The first-order valence-corrected chi connectivity index (χ1v) is 27.7. The number of carbonyl (C=O) groups is 2. The summed E-state index contributed by atoms with van der Waals surface area (Å²) in [7, 11) is 0. The summed E-state index contributed by atoms with van der Waals surface area (Å²) < 4.78 is 0. The molecule has 376 valence electrons. The minimum absolute atomic E-state index is 0. The molecule has 1 amide bonds. The molecule has 8 heteroatoms. The third-order valence-electron chi connectivity index (χ3n) is 27.0. The molecule has 0 saturated heterocycles. The number of fused-ring (bicyclic) bond motifs is 14. The van der Waals surface area contributed by atoms with Crippen LogP contribution in [0.1, 0.15) is 212 Å². The van der Waals surface area contributed by atoms with Crippen molar-refractivity contribution in [3.63, 3.8) is 0 Å². The van der Waals surface area contributed by atoms with Gasteiger partial charge in [-0.05, 0) is 245 Å². The van der Waals surface area contributed by atoms with Crippen LogP contribution < -0.4 is 0 Å². The van der Waals surface area contributed by atoms with Gasteiger partial charge in [-0.2, -0.15) is 0 Å². The molecule has 0 bridgehead atoms. The molecule has 0 radical (unpaired) electrons. The number of carboxylic acid groups (broad SMARTS) is 1. The SMILES string of the molecule is C=C(C)[C@@H]1CC[C@]2(C(=O)O)CC[C@]3(C)C(CCC4[C@@]5(C)CC[C@H](O)C(C)(C)C5CC[C@]43C)C12.C=C(C)[C@@H]1CC[C@]2(C([NH-])=O)CC[C@]3(C)C(CCC4[C@@]5(C)CC[C@H](O)C(C)(C)C5CC[C@]43C)C12.[Rf].[Rf]. The van der Waals surface area contributed by atoms with Crippen molar-refractivity contribution in [2.45, 2.75) is 224 Å². The Bertz CT molecular complexity index is 1880. The van der Waals surface area contributed by atoms with Crippen molar-refractivity contribution in [2.75, 3.05) is 0 Å². The standard InChI is InChI=1S/C30H49NO2.C30H48O3.2Rf/c1-18(2)19-10-15-30(25(31)33)17-16-28(6)20(24(19)30)8-9-22-27(5)13-12-23(32)26(3,4)21(27)11-14-29(22,28)7;1-18(2)19-10-15-30(25(32)33)17-16-28(6)20(24(19)30)8-9-22-27(5)13-12-23(31)26(3,4)21(27)11-14-29(22,28)7;;/h19-24,32H,1,8-17H2,2-7H3,(H2,31,33);19-24,31H,1,8-17H2,2-7H3,(H,32,33);;/p-1/t2*19-,20?,21?,22?,23-,24?,27-,28+,29+,30-;;/m00../s1. The van der Waals surface area contributed by atoms with Gasteiger partial charge in [-0.25, -0.2) is 0 Å². The van der Waals surface area contributed by atoms with E-state index in [-0.39, 0.29) is 67.4 Å². The fraction of sp³-hybridized carbons (Fsp3) is 0.900. The van der Waals surface area contributed by atoms with Crippen LogP contribution in [0.4, 0.5) is 0 Å². The summed E-state index contributed by atoms with van der Waals surface area (Å²) in [5, 5.41) is 32.3. The first kappa shape index (κ1) is 52.2. The second-order valence-electron chi connectivity index (χ2n) is 29.1. The minimum Gasteiger partial charge on any atom is -0.667 e. The van der Waals surface area contributed by atoms with E-state index in [0.29, 0.717) is 53.3 Å². The Hall–Kier alpha value is -3.66. The number of aliphatic carboxylic acids is 1. The molecular formula is C60H96NO5Rf2-. The Labute approximate surface area is 402 Å². The molecule has 10 aliphatic rings. The van der Waals surface area contributed by atoms with Crippen LogP contribution in [0, 0.1) is 113 Å². The van der Waals surface area contributed by atoms with Gasteiger partial charge in [-0.15, -0.1) is 0 Å². The van der Waals surface area contributed by atoms with Gasteiger partial charge in [0.25, 0.3) is 0 Å². The number of hydrogen-bond acceptors (Lipinski definition) is 4. The number of carboxylic acids is 1. The Morgan fingerprint density at radius 3 is 1.19 bits per heavy atom. The van der Waals surface area contributed by atoms with E-state index in [4.69, 9.17) is 5.73 Å². The second kappa shape index (κ2) is 15.9. The van der Waals surface area contributed by atoms with Gasteiger partial charge in [0, 0.05) is 5.41 Å². The molecule has 10 fully saturated rings. The minimum atomic E-state index is -0.538. The summed E-state index contributed by atoms with van der Waals surface area (Å²) in [4.78, 5) is 25.6. The summed E-state index contributed by atoms with van der Waals surface area (Å²) in [5.41, 5.74) is 11.3. The molecule has 4 N–H and O–H groups in total. The first-order chi connectivity index (χ1) is 30.5. The largest absolute Gasteiger partial charge is 0.667 e. The van der Waals surface area contributed by atoms with Crippen LogP contribution in [0.15, 0.2) is 24.3 Å². The molecule has 0 aromatic carbocycles. The van der Waals surface area contributed by atoms with Gasteiger partial charge in [-0.1, -0.05) is 93.5 Å². The molecule has 68 heavy (non-hydrogen) atoms. The zero-order chi connectivity index (χ0) is 48.4. The maximum Gasteiger partial charge on any atom is 0.309 e. The normalized spacial score (nSPS) is 53.4. The van der Waals surface area contributed by atoms with Crippen LogP contribution in [-0.2, 0) is 9.59 Å². The Morgan fingerprint density at radius 1 is 0.456 bits per heavy atom. The quantitative estimate of drug-likeness (QED) is 0.242. The number of hydrogen-bond donors (Lipinski definition) is 3. The summed E-state index contributed by atoms with van der Waals surface area (Å²) in [6.07, 6.45) is 21.2. The van der Waals surface area contributed by atoms with Crippen molar-refractivity contribution in [3.05, 3.63) is 30.0 Å². The van der Waals surface area contributed by atoms with E-state index in [1.807, 2.05) is 0 Å². The van der Waals surface area contributed by atoms with Crippen molar-refractivity contribution >= 4 is 11.9 Å². The smallest absolute Gasteiger partial charge is 0.309 e. The maximum absolute atomic E-state index is 12.9. The number of aliphatic hydroxyl groups excluding tert-OH is 2. The van der Waals surface area contributed by atoms with E-state index >= 15 is 0 Å². The first-order valence-electron chi connectivity index (χ1n) is 27.7. The molecule has 0 heterocycles. The van der Waals surface area contributed by atoms with Crippen molar-refractivity contribution in [1.29, 1.82) is 0 Å². The Balaban J connectivity index is 0.000000196. The molecular weight excluding hydrogens is 1350 g/mol. The fourth-order valence-electron chi connectivity index (χ4n) is 23.0. The van der Waals surface area contributed by atoms with E-state index < -0.39 is 16.8 Å². The molecule has 0 aromatic heterocycles. The van der Waals surface area contributed by atoms with Crippen LogP contribution in [0.25, 0.3) is 5.73 Å². The van der Waals surface area contributed by atoms with E-state index in [1.54, 1.807) is 0 Å². The number of allylic oxidation sites excluding steroid dienone is 2. The topological polar surface area (TPSA) is 119 Å². The summed E-state index contributed by atoms with van der Waals surface area (Å²) in [5.74, 6) is 4.01. The Kier molecular flexibility index (Phi) is 12.2. The molecule has 0 spiro atoms. The summed E-state index contributed by atoms with van der Waals surface area (Å²) in [6, 6.07) is 0. The van der Waals surface area contributed by atoms with E-state index in [2.05, 4.69) is 96.2 Å². The van der Waals surface area contributed by atoms with Gasteiger partial charge in [0.1, 0.15) is 0 Å². The van der Waals surface area contributed by atoms with Crippen LogP contribution in [-0.4, -0.2) is 39.4 Å². The van der Waals surface area contributed by atoms with Crippen LogP contribution in [0.2, 0.25) is 0 Å². The predicted molar refractivity (Wildman–Crippen MR) is 267 cm³/mol. The van der Waals surface area contributed by atoms with Crippen LogP contribution in [0.3, 0.4) is 0 Å². The van der Waals surface area contributed by atoms with Crippen molar-refractivity contribution in [3.8, 4) is 0 Å². The number of carbonyl (C=O) groups excluding carboxylic acids is 1. The van der Waals surface area contributed by atoms with Gasteiger partial charge in [0.15, 0.2) is 0 Å². The molecule has 6 nitrogen and oxygen atoms in total. The molecule has 10 rings (SSSR count). The molecule has 20 atom stereocenters. The van der Waals surface area contributed by atoms with Crippen molar-refractivity contribution in [2.24, 2.45) is 113 Å². The van der Waals surface area contributed by atoms with Gasteiger partial charge in [0.05, 0.1) is 23.5 Å². The van der Waals surface area contributed by atoms with E-state index in [0.717, 1.165) is 77.0 Å². The van der Waals surface area contributed by atoms with Gasteiger partial charge in [0.2, 0.25) is 0 Å². The summed E-state index contributed by atoms with van der Waals surface area (Å²) >= 11 is 0. The van der Waals surface area contributed by atoms with E-state index in [9.17, 15) is 24.9 Å². The van der Waals surface area contributed by atoms with Crippen LogP contribution in [0.5, 0.6) is 0 Å². The monoisotopic (exact) mass is 1440 g/mol. The molecule has 10 aliphatic carbocycles. The zero-order valence-corrected chi connectivity index (χ0v) is 58.4. The molecule has 0 aromatic rings. The molecule has 8 unspecified atom stereocenters. The fourth-order valence-corrected chi connectivity index (χ4v) is 23.0. The Morgan fingerprint density at radius 2 is 0.824 bits per heavy atom. The zero-order valence-electron chi connectivity index (χ0n) is 45.6. The molecule has 0 aliphatic heterocycles. The van der Waals surface area contributed by atoms with Crippen LogP contribution >= 0.6 is 0 Å². The summed E-state index contributed by atoms with van der Waals surface area (Å²) in [6.45, 7) is 37.8. The van der Waals surface area contributed by atoms with Gasteiger partial charge < -0.3 is 25.8 Å². The average Bonchev–Trinajstić information content (AvgIpc) is 3.84. The average molecular weight is 1450 g/mol. The number of rotatable bonds is 4. The predicted octanol–water partition coefficient (Wildman–Crippen LogP) is 14.7.